The molecule has 0 unspecified atom stereocenters. The molecule has 1 saturated carbocycles. The first kappa shape index (κ1) is 15.9. The van der Waals surface area contributed by atoms with Crippen molar-refractivity contribution in [3.8, 4) is 10.4 Å². The number of hydrogen-bond acceptors (Lipinski definition) is 5. The number of nitrogens with zero attached hydrogens (tertiary/aromatic N) is 2. The smallest absolute Gasteiger partial charge is 0.321 e. The van der Waals surface area contributed by atoms with Gasteiger partial charge < -0.3 is 10.1 Å². The van der Waals surface area contributed by atoms with Crippen LogP contribution in [0.5, 0.6) is 0 Å². The third-order valence-corrected chi connectivity index (χ3v) is 5.00. The summed E-state index contributed by atoms with van der Waals surface area (Å²) in [4.78, 5) is 21.3. The molecule has 0 aliphatic heterocycles. The van der Waals surface area contributed by atoms with Gasteiger partial charge in [-0.05, 0) is 43.4 Å². The Morgan fingerprint density at radius 3 is 2.70 bits per heavy atom. The van der Waals surface area contributed by atoms with Crippen molar-refractivity contribution in [1.29, 1.82) is 0 Å². The van der Waals surface area contributed by atoms with Crippen molar-refractivity contribution in [2.75, 3.05) is 12.4 Å². The fourth-order valence-electron chi connectivity index (χ4n) is 2.74. The van der Waals surface area contributed by atoms with Gasteiger partial charge in [0, 0.05) is 31.7 Å². The summed E-state index contributed by atoms with van der Waals surface area (Å²) in [5.41, 5.74) is 1.05. The molecular weight excluding hydrogens is 312 g/mol. The van der Waals surface area contributed by atoms with Crippen LogP contribution in [0.2, 0.25) is 0 Å². The average molecular weight is 332 g/mol. The number of rotatable bonds is 4. The zero-order chi connectivity index (χ0) is 16.1. The molecule has 122 valence electrons. The maximum Gasteiger partial charge on any atom is 0.321 e. The van der Waals surface area contributed by atoms with E-state index >= 15 is 0 Å². The van der Waals surface area contributed by atoms with Crippen LogP contribution in [-0.2, 0) is 4.74 Å². The van der Waals surface area contributed by atoms with E-state index in [1.54, 1.807) is 25.7 Å². The Hall–Kier alpha value is -1.99. The molecule has 2 aromatic heterocycles. The zero-order valence-electron chi connectivity index (χ0n) is 13.0. The molecule has 1 fully saturated rings. The predicted octanol–water partition coefficient (Wildman–Crippen LogP) is 3.28. The molecule has 1 aliphatic rings. The molecule has 0 saturated heterocycles. The fourth-order valence-corrected chi connectivity index (χ4v) is 3.56. The number of methoxy groups -OCH3 is 1. The van der Waals surface area contributed by atoms with Crippen LogP contribution in [0.4, 0.5) is 9.93 Å². The SMILES string of the molecule is CO[C@H]1CC[C@H](NC(=O)Nc2ncc(-c3ccncc3)s2)CC1. The number of carbonyl (C=O) groups excluding carboxylic acids is 1. The van der Waals surface area contributed by atoms with E-state index in [-0.39, 0.29) is 12.1 Å². The fraction of sp³-hybridized carbons (Fsp3) is 0.438. The van der Waals surface area contributed by atoms with Gasteiger partial charge in [-0.2, -0.15) is 0 Å². The zero-order valence-corrected chi connectivity index (χ0v) is 13.8. The van der Waals surface area contributed by atoms with Crippen LogP contribution in [0, 0.1) is 0 Å². The molecule has 1 aliphatic carbocycles. The van der Waals surface area contributed by atoms with E-state index in [4.69, 9.17) is 4.74 Å². The lowest BCUT2D eigenvalue weighted by Crippen LogP contribution is -2.41. The standard InChI is InChI=1S/C16H20N4O2S/c1-22-13-4-2-12(3-5-13)19-15(21)20-16-18-10-14(23-16)11-6-8-17-9-7-11/h6-10,12-13H,2-5H2,1H3,(H2,18,19,20,21)/t12-,13-. The van der Waals surface area contributed by atoms with Crippen LogP contribution in [-0.4, -0.2) is 35.3 Å². The van der Waals surface area contributed by atoms with Crippen molar-refractivity contribution in [2.45, 2.75) is 37.8 Å². The Bertz CT molecular complexity index is 639. The molecule has 2 heterocycles. The molecule has 0 aromatic carbocycles. The Labute approximate surface area is 139 Å². The molecule has 0 bridgehead atoms. The minimum atomic E-state index is -0.193. The second kappa shape index (κ2) is 7.52. The summed E-state index contributed by atoms with van der Waals surface area (Å²) >= 11 is 1.45. The van der Waals surface area contributed by atoms with E-state index in [0.717, 1.165) is 36.1 Å². The van der Waals surface area contributed by atoms with Gasteiger partial charge in [0.25, 0.3) is 0 Å². The summed E-state index contributed by atoms with van der Waals surface area (Å²) in [7, 11) is 1.74. The molecule has 23 heavy (non-hydrogen) atoms. The lowest BCUT2D eigenvalue weighted by Gasteiger charge is -2.28. The number of ether oxygens (including phenoxy) is 1. The van der Waals surface area contributed by atoms with Gasteiger partial charge in [-0.15, -0.1) is 0 Å². The van der Waals surface area contributed by atoms with E-state index in [0.29, 0.717) is 11.2 Å². The quantitative estimate of drug-likeness (QED) is 0.901. The predicted molar refractivity (Wildman–Crippen MR) is 90.6 cm³/mol. The third kappa shape index (κ3) is 4.27. The van der Waals surface area contributed by atoms with E-state index in [9.17, 15) is 4.79 Å². The molecule has 7 heteroatoms. The summed E-state index contributed by atoms with van der Waals surface area (Å²) in [6, 6.07) is 3.86. The molecule has 0 atom stereocenters. The number of urea groups is 1. The van der Waals surface area contributed by atoms with Crippen molar-refractivity contribution < 1.29 is 9.53 Å². The normalized spacial score (nSPS) is 20.9. The highest BCUT2D eigenvalue weighted by Gasteiger charge is 2.22. The first-order chi connectivity index (χ1) is 11.2. The maximum atomic E-state index is 12.1. The number of anilines is 1. The van der Waals surface area contributed by atoms with Gasteiger partial charge in [-0.25, -0.2) is 9.78 Å². The number of nitrogens with one attached hydrogen (secondary N) is 2. The second-order valence-corrected chi connectivity index (χ2v) is 6.60. The van der Waals surface area contributed by atoms with Crippen LogP contribution >= 0.6 is 11.3 Å². The number of pyridine rings is 1. The van der Waals surface area contributed by atoms with Gasteiger partial charge in [-0.1, -0.05) is 11.3 Å². The average Bonchev–Trinajstić information content (AvgIpc) is 3.04. The maximum absolute atomic E-state index is 12.1. The Morgan fingerprint density at radius 1 is 1.26 bits per heavy atom. The van der Waals surface area contributed by atoms with Crippen molar-refractivity contribution in [3.63, 3.8) is 0 Å². The van der Waals surface area contributed by atoms with Crippen LogP contribution < -0.4 is 10.6 Å². The summed E-state index contributed by atoms with van der Waals surface area (Å²) < 4.78 is 5.34. The van der Waals surface area contributed by atoms with E-state index in [2.05, 4.69) is 20.6 Å². The summed E-state index contributed by atoms with van der Waals surface area (Å²) in [6.07, 6.45) is 9.46. The highest BCUT2D eigenvalue weighted by Crippen LogP contribution is 2.28. The number of carbonyl (C=O) groups is 1. The lowest BCUT2D eigenvalue weighted by molar-refractivity contribution is 0.0638. The Kier molecular flexibility index (Phi) is 5.19. The van der Waals surface area contributed by atoms with Gasteiger partial charge in [0.2, 0.25) is 0 Å². The molecule has 3 rings (SSSR count). The summed E-state index contributed by atoms with van der Waals surface area (Å²) in [5, 5.41) is 6.42. The minimum Gasteiger partial charge on any atom is -0.381 e. The van der Waals surface area contributed by atoms with E-state index in [1.807, 2.05) is 12.1 Å². The summed E-state index contributed by atoms with van der Waals surface area (Å²) in [5.74, 6) is 0. The molecule has 0 spiro atoms. The molecular formula is C16H20N4O2S. The molecule has 6 nitrogen and oxygen atoms in total. The minimum absolute atomic E-state index is 0.193. The highest BCUT2D eigenvalue weighted by molar-refractivity contribution is 7.19. The Balaban J connectivity index is 1.52. The van der Waals surface area contributed by atoms with Crippen molar-refractivity contribution >= 4 is 22.5 Å². The van der Waals surface area contributed by atoms with Crippen LogP contribution in [0.3, 0.4) is 0 Å². The first-order valence-electron chi connectivity index (χ1n) is 7.71. The van der Waals surface area contributed by atoms with E-state index < -0.39 is 0 Å². The van der Waals surface area contributed by atoms with Gasteiger partial charge in [0.05, 0.1) is 11.0 Å². The van der Waals surface area contributed by atoms with Crippen LogP contribution in [0.1, 0.15) is 25.7 Å². The van der Waals surface area contributed by atoms with Crippen molar-refractivity contribution in [3.05, 3.63) is 30.7 Å². The lowest BCUT2D eigenvalue weighted by atomic mass is 9.93. The molecule has 2 N–H and O–H groups in total. The van der Waals surface area contributed by atoms with Gasteiger partial charge >= 0.3 is 6.03 Å². The van der Waals surface area contributed by atoms with Gasteiger partial charge in [0.15, 0.2) is 5.13 Å². The topological polar surface area (TPSA) is 76.1 Å². The molecule has 2 aromatic rings. The summed E-state index contributed by atoms with van der Waals surface area (Å²) in [6.45, 7) is 0. The molecule has 2 amide bonds. The van der Waals surface area contributed by atoms with Crippen molar-refractivity contribution in [2.24, 2.45) is 0 Å². The second-order valence-electron chi connectivity index (χ2n) is 5.57. The number of aromatic nitrogens is 2. The number of hydrogen-bond donors (Lipinski definition) is 2. The van der Waals surface area contributed by atoms with E-state index in [1.165, 1.54) is 11.3 Å². The highest BCUT2D eigenvalue weighted by atomic mass is 32.1. The Morgan fingerprint density at radius 2 is 2.00 bits per heavy atom. The first-order valence-corrected chi connectivity index (χ1v) is 8.53. The van der Waals surface area contributed by atoms with Crippen LogP contribution in [0.25, 0.3) is 10.4 Å². The van der Waals surface area contributed by atoms with Crippen molar-refractivity contribution in [1.82, 2.24) is 15.3 Å². The number of amides is 2. The van der Waals surface area contributed by atoms with Gasteiger partial charge in [-0.3, -0.25) is 10.3 Å². The largest absolute Gasteiger partial charge is 0.381 e. The van der Waals surface area contributed by atoms with Crippen LogP contribution in [0.15, 0.2) is 30.7 Å². The van der Waals surface area contributed by atoms with Gasteiger partial charge in [0.1, 0.15) is 0 Å². The molecule has 0 radical (unpaired) electrons. The third-order valence-electron chi connectivity index (χ3n) is 4.03. The number of thiazole rings is 1. The monoisotopic (exact) mass is 332 g/mol.